The van der Waals surface area contributed by atoms with Crippen molar-refractivity contribution in [3.8, 4) is 11.3 Å². The molecule has 174 valence electrons. The Morgan fingerprint density at radius 2 is 1.56 bits per heavy atom. The Kier molecular flexibility index (Phi) is 6.30. The first-order valence-corrected chi connectivity index (χ1v) is 16.1. The maximum atomic E-state index is 4.89. The molecule has 2 nitrogen and oxygen atoms in total. The summed E-state index contributed by atoms with van der Waals surface area (Å²) < 4.78 is 2.58. The molecule has 0 amide bonds. The lowest BCUT2D eigenvalue weighted by molar-refractivity contribution is 0.650. The SMILES string of the molecule is CC[Si](CC)(CC)c1cc(-c2ncnc3c2sc2c(CC(C)C)cccc23)cc2ccccc12. The molecule has 0 fully saturated rings. The Morgan fingerprint density at radius 3 is 2.29 bits per heavy atom. The van der Waals surface area contributed by atoms with Gasteiger partial charge in [-0.1, -0.05) is 106 Å². The average molecular weight is 483 g/mol. The summed E-state index contributed by atoms with van der Waals surface area (Å²) in [4.78, 5) is 9.65. The molecule has 2 aromatic heterocycles. The number of hydrogen-bond donors (Lipinski definition) is 0. The van der Waals surface area contributed by atoms with Crippen LogP contribution in [0.1, 0.15) is 40.2 Å². The van der Waals surface area contributed by atoms with Crippen LogP contribution in [0.25, 0.3) is 42.3 Å². The van der Waals surface area contributed by atoms with E-state index in [2.05, 4.69) is 89.2 Å². The minimum atomic E-state index is -1.59. The minimum absolute atomic E-state index is 0.625. The Balaban J connectivity index is 1.80. The van der Waals surface area contributed by atoms with Crippen LogP contribution < -0.4 is 5.19 Å². The highest BCUT2D eigenvalue weighted by Crippen LogP contribution is 2.40. The highest BCUT2D eigenvalue weighted by molar-refractivity contribution is 7.26. The fraction of sp³-hybridized carbons (Fsp3) is 0.333. The first kappa shape index (κ1) is 23.2. The lowest BCUT2D eigenvalue weighted by atomic mass is 10.0. The van der Waals surface area contributed by atoms with Gasteiger partial charge in [-0.25, -0.2) is 9.97 Å². The maximum absolute atomic E-state index is 4.89. The van der Waals surface area contributed by atoms with Crippen molar-refractivity contribution in [2.45, 2.75) is 59.2 Å². The minimum Gasteiger partial charge on any atom is -0.235 e. The second kappa shape index (κ2) is 9.24. The zero-order chi connectivity index (χ0) is 23.9. The molecule has 0 aliphatic heterocycles. The maximum Gasteiger partial charge on any atom is 0.116 e. The average Bonchev–Trinajstić information content (AvgIpc) is 3.25. The summed E-state index contributed by atoms with van der Waals surface area (Å²) in [6.45, 7) is 11.8. The standard InChI is InChI=1S/C30H34N2SSi/c1-6-34(7-2,8-3)26-18-23(17-21-12-9-10-14-24(21)26)27-30-28(32-19-31-27)25-15-11-13-22(16-20(4)5)29(25)33-30/h9-15,17-20H,6-8,16H2,1-5H3. The van der Waals surface area contributed by atoms with Gasteiger partial charge in [0.25, 0.3) is 0 Å². The van der Waals surface area contributed by atoms with Crippen molar-refractivity contribution in [1.29, 1.82) is 0 Å². The van der Waals surface area contributed by atoms with Crippen molar-refractivity contribution in [3.63, 3.8) is 0 Å². The Bertz CT molecular complexity index is 1470. The van der Waals surface area contributed by atoms with E-state index in [0.29, 0.717) is 5.92 Å². The third kappa shape index (κ3) is 3.77. The molecular formula is C30H34N2SSi. The number of thiophene rings is 1. The van der Waals surface area contributed by atoms with E-state index in [-0.39, 0.29) is 0 Å². The zero-order valence-electron chi connectivity index (χ0n) is 21.0. The molecule has 0 radical (unpaired) electrons. The summed E-state index contributed by atoms with van der Waals surface area (Å²) in [5.74, 6) is 0.625. The first-order chi connectivity index (χ1) is 16.5. The third-order valence-electron chi connectivity index (χ3n) is 7.72. The van der Waals surface area contributed by atoms with E-state index in [9.17, 15) is 0 Å². The molecule has 2 heterocycles. The van der Waals surface area contributed by atoms with Crippen molar-refractivity contribution < 1.29 is 0 Å². The van der Waals surface area contributed by atoms with Crippen LogP contribution in [0.15, 0.2) is 60.9 Å². The molecule has 3 aromatic carbocycles. The number of aromatic nitrogens is 2. The van der Waals surface area contributed by atoms with Gasteiger partial charge in [-0.05, 0) is 34.7 Å². The molecule has 0 atom stereocenters. The van der Waals surface area contributed by atoms with Gasteiger partial charge in [0.2, 0.25) is 0 Å². The molecule has 5 aromatic rings. The Morgan fingerprint density at radius 1 is 0.824 bits per heavy atom. The van der Waals surface area contributed by atoms with Crippen LogP contribution in [-0.4, -0.2) is 18.0 Å². The fourth-order valence-corrected chi connectivity index (χ4v) is 10.9. The summed E-state index contributed by atoms with van der Waals surface area (Å²) in [6.07, 6.45) is 2.85. The summed E-state index contributed by atoms with van der Waals surface area (Å²) in [5, 5.41) is 5.63. The molecule has 0 aliphatic rings. The predicted octanol–water partition coefficient (Wildman–Crippen LogP) is 8.58. The van der Waals surface area contributed by atoms with Gasteiger partial charge in [0.1, 0.15) is 6.33 Å². The molecule has 4 heteroatoms. The van der Waals surface area contributed by atoms with E-state index in [1.54, 1.807) is 11.5 Å². The van der Waals surface area contributed by atoms with Crippen LogP contribution >= 0.6 is 11.3 Å². The van der Waals surface area contributed by atoms with E-state index in [1.807, 2.05) is 11.3 Å². The van der Waals surface area contributed by atoms with Crippen LogP contribution in [0.3, 0.4) is 0 Å². The topological polar surface area (TPSA) is 25.8 Å². The van der Waals surface area contributed by atoms with Gasteiger partial charge in [-0.15, -0.1) is 11.3 Å². The van der Waals surface area contributed by atoms with Crippen molar-refractivity contribution in [1.82, 2.24) is 9.97 Å². The monoisotopic (exact) mass is 482 g/mol. The van der Waals surface area contributed by atoms with Crippen molar-refractivity contribution in [2.75, 3.05) is 0 Å². The first-order valence-electron chi connectivity index (χ1n) is 12.7. The van der Waals surface area contributed by atoms with Crippen LogP contribution in [0.4, 0.5) is 0 Å². The van der Waals surface area contributed by atoms with Gasteiger partial charge >= 0.3 is 0 Å². The van der Waals surface area contributed by atoms with Gasteiger partial charge in [-0.2, -0.15) is 0 Å². The Hall–Kier alpha value is -2.56. The van der Waals surface area contributed by atoms with Crippen molar-refractivity contribution in [2.24, 2.45) is 5.92 Å². The van der Waals surface area contributed by atoms with E-state index < -0.39 is 8.07 Å². The second-order valence-electron chi connectivity index (χ2n) is 9.98. The van der Waals surface area contributed by atoms with Gasteiger partial charge in [0.15, 0.2) is 0 Å². The smallest absolute Gasteiger partial charge is 0.116 e. The largest absolute Gasteiger partial charge is 0.235 e. The van der Waals surface area contributed by atoms with E-state index in [4.69, 9.17) is 9.97 Å². The number of nitrogens with zero attached hydrogens (tertiary/aromatic N) is 2. The van der Waals surface area contributed by atoms with E-state index >= 15 is 0 Å². The van der Waals surface area contributed by atoms with E-state index in [0.717, 1.165) is 17.6 Å². The second-order valence-corrected chi connectivity index (χ2v) is 16.2. The lowest BCUT2D eigenvalue weighted by Gasteiger charge is -2.30. The van der Waals surface area contributed by atoms with Crippen molar-refractivity contribution >= 4 is 55.7 Å². The highest BCUT2D eigenvalue weighted by Gasteiger charge is 2.31. The predicted molar refractivity (Wildman–Crippen MR) is 153 cm³/mol. The van der Waals surface area contributed by atoms with Crippen LogP contribution in [0.2, 0.25) is 18.1 Å². The third-order valence-corrected chi connectivity index (χ3v) is 14.6. The number of benzene rings is 3. The summed E-state index contributed by atoms with van der Waals surface area (Å²) in [6, 6.07) is 24.3. The normalized spacial score (nSPS) is 12.4. The fourth-order valence-electron chi connectivity index (χ4n) is 5.67. The summed E-state index contributed by atoms with van der Waals surface area (Å²) in [5.41, 5.74) is 4.84. The summed E-state index contributed by atoms with van der Waals surface area (Å²) in [7, 11) is -1.59. The van der Waals surface area contributed by atoms with Gasteiger partial charge in [-0.3, -0.25) is 0 Å². The van der Waals surface area contributed by atoms with Gasteiger partial charge in [0.05, 0.1) is 24.0 Å². The molecule has 0 aliphatic carbocycles. The summed E-state index contributed by atoms with van der Waals surface area (Å²) >= 11 is 1.87. The molecule has 0 saturated carbocycles. The van der Waals surface area contributed by atoms with Gasteiger partial charge < -0.3 is 0 Å². The molecule has 0 bridgehead atoms. The van der Waals surface area contributed by atoms with Crippen LogP contribution in [0, 0.1) is 5.92 Å². The van der Waals surface area contributed by atoms with Crippen LogP contribution in [-0.2, 0) is 6.42 Å². The molecule has 0 spiro atoms. The van der Waals surface area contributed by atoms with E-state index in [1.165, 1.54) is 54.8 Å². The van der Waals surface area contributed by atoms with Crippen LogP contribution in [0.5, 0.6) is 0 Å². The quantitative estimate of drug-likeness (QED) is 0.217. The molecule has 0 unspecified atom stereocenters. The van der Waals surface area contributed by atoms with Crippen molar-refractivity contribution in [3.05, 3.63) is 66.5 Å². The number of hydrogen-bond acceptors (Lipinski definition) is 3. The number of fused-ring (bicyclic) bond motifs is 4. The number of rotatable bonds is 7. The molecular weight excluding hydrogens is 448 g/mol. The molecule has 5 rings (SSSR count). The Labute approximate surface area is 208 Å². The molecule has 0 saturated heterocycles. The lowest BCUT2D eigenvalue weighted by Crippen LogP contribution is -2.46. The highest BCUT2D eigenvalue weighted by atomic mass is 32.1. The molecule has 34 heavy (non-hydrogen) atoms. The molecule has 0 N–H and O–H groups in total. The zero-order valence-corrected chi connectivity index (χ0v) is 22.8. The van der Waals surface area contributed by atoms with Gasteiger partial charge in [0, 0.05) is 15.6 Å².